The zero-order chi connectivity index (χ0) is 15.4. The summed E-state index contributed by atoms with van der Waals surface area (Å²) in [6.07, 6.45) is 5.43. The fourth-order valence-corrected chi connectivity index (χ4v) is 2.78. The van der Waals surface area contributed by atoms with E-state index in [0.29, 0.717) is 5.02 Å². The Hall–Kier alpha value is -1.59. The number of aromatic nitrogens is 2. The number of aryl methyl sites for hydroxylation is 1. The molecule has 0 bridgehead atoms. The smallest absolute Gasteiger partial charge is 0.225 e. The summed E-state index contributed by atoms with van der Waals surface area (Å²) >= 11 is 5.83. The average Bonchev–Trinajstić information content (AvgIpc) is 2.97. The van der Waals surface area contributed by atoms with Gasteiger partial charge in [-0.3, -0.25) is 4.90 Å². The molecule has 0 amide bonds. The van der Waals surface area contributed by atoms with Gasteiger partial charge >= 0.3 is 0 Å². The number of furan rings is 1. The minimum Gasteiger partial charge on any atom is -0.465 e. The predicted molar refractivity (Wildman–Crippen MR) is 87.2 cm³/mol. The standard InChI is InChI=1S/C16H21ClN4O/c1-2-3-14-4-5-15(22-14)12-20-6-8-21(9-7-20)16-18-10-13(17)11-19-16/h4-5,10-11H,2-3,6-9,12H2,1H3. The Morgan fingerprint density at radius 3 is 2.45 bits per heavy atom. The number of halogens is 1. The van der Waals surface area contributed by atoms with Crippen LogP contribution in [0.4, 0.5) is 5.95 Å². The number of nitrogens with zero attached hydrogens (tertiary/aromatic N) is 4. The molecule has 5 nitrogen and oxygen atoms in total. The molecule has 6 heteroatoms. The second-order valence-electron chi connectivity index (χ2n) is 5.58. The quantitative estimate of drug-likeness (QED) is 0.847. The van der Waals surface area contributed by atoms with Crippen molar-refractivity contribution in [3.8, 4) is 0 Å². The molecular weight excluding hydrogens is 300 g/mol. The van der Waals surface area contributed by atoms with Gasteiger partial charge in [0.1, 0.15) is 11.5 Å². The van der Waals surface area contributed by atoms with Crippen LogP contribution in [0.5, 0.6) is 0 Å². The van der Waals surface area contributed by atoms with Crippen LogP contribution < -0.4 is 4.90 Å². The van der Waals surface area contributed by atoms with Crippen LogP contribution in [-0.2, 0) is 13.0 Å². The van der Waals surface area contributed by atoms with E-state index in [0.717, 1.165) is 63.0 Å². The van der Waals surface area contributed by atoms with Crippen molar-refractivity contribution in [2.24, 2.45) is 0 Å². The SMILES string of the molecule is CCCc1ccc(CN2CCN(c3ncc(Cl)cn3)CC2)o1. The number of piperazine rings is 1. The maximum absolute atomic E-state index is 5.86. The first-order valence-electron chi connectivity index (χ1n) is 7.77. The molecule has 0 spiro atoms. The van der Waals surface area contributed by atoms with Crippen molar-refractivity contribution in [3.05, 3.63) is 41.1 Å². The van der Waals surface area contributed by atoms with Gasteiger partial charge in [-0.05, 0) is 18.6 Å². The normalized spacial score (nSPS) is 16.2. The van der Waals surface area contributed by atoms with E-state index in [-0.39, 0.29) is 0 Å². The number of hydrogen-bond donors (Lipinski definition) is 0. The number of rotatable bonds is 5. The van der Waals surface area contributed by atoms with E-state index in [1.807, 2.05) is 0 Å². The molecule has 0 aliphatic carbocycles. The van der Waals surface area contributed by atoms with E-state index >= 15 is 0 Å². The Balaban J connectivity index is 1.51. The van der Waals surface area contributed by atoms with Gasteiger partial charge in [0.2, 0.25) is 5.95 Å². The minimum atomic E-state index is 0.572. The third-order valence-corrected chi connectivity index (χ3v) is 4.05. The molecule has 0 unspecified atom stereocenters. The highest BCUT2D eigenvalue weighted by Gasteiger charge is 2.19. The molecule has 3 rings (SSSR count). The molecule has 2 aromatic rings. The summed E-state index contributed by atoms with van der Waals surface area (Å²) in [7, 11) is 0. The molecule has 2 aromatic heterocycles. The molecule has 0 saturated carbocycles. The lowest BCUT2D eigenvalue weighted by molar-refractivity contribution is 0.227. The molecule has 3 heterocycles. The van der Waals surface area contributed by atoms with Gasteiger partial charge in [0.15, 0.2) is 0 Å². The maximum Gasteiger partial charge on any atom is 0.225 e. The lowest BCUT2D eigenvalue weighted by Crippen LogP contribution is -2.46. The van der Waals surface area contributed by atoms with E-state index in [2.05, 4.69) is 38.8 Å². The largest absolute Gasteiger partial charge is 0.465 e. The van der Waals surface area contributed by atoms with Gasteiger partial charge in [-0.1, -0.05) is 18.5 Å². The Morgan fingerprint density at radius 2 is 1.77 bits per heavy atom. The van der Waals surface area contributed by atoms with Gasteiger partial charge in [-0.2, -0.15) is 0 Å². The van der Waals surface area contributed by atoms with Crippen LogP contribution in [0.25, 0.3) is 0 Å². The molecule has 1 aliphatic heterocycles. The van der Waals surface area contributed by atoms with Gasteiger partial charge in [-0.25, -0.2) is 9.97 Å². The lowest BCUT2D eigenvalue weighted by atomic mass is 10.3. The monoisotopic (exact) mass is 320 g/mol. The maximum atomic E-state index is 5.86. The molecule has 1 fully saturated rings. The summed E-state index contributed by atoms with van der Waals surface area (Å²) in [4.78, 5) is 13.2. The van der Waals surface area contributed by atoms with Crippen LogP contribution in [0.15, 0.2) is 28.9 Å². The van der Waals surface area contributed by atoms with Crippen molar-refractivity contribution >= 4 is 17.5 Å². The second-order valence-corrected chi connectivity index (χ2v) is 6.02. The van der Waals surface area contributed by atoms with Crippen LogP contribution in [0, 0.1) is 0 Å². The molecule has 0 N–H and O–H groups in total. The first kappa shape index (κ1) is 15.3. The minimum absolute atomic E-state index is 0.572. The second kappa shape index (κ2) is 7.11. The third kappa shape index (κ3) is 3.78. The lowest BCUT2D eigenvalue weighted by Gasteiger charge is -2.34. The highest BCUT2D eigenvalue weighted by Crippen LogP contribution is 2.16. The summed E-state index contributed by atoms with van der Waals surface area (Å²) in [6, 6.07) is 4.19. The fourth-order valence-electron chi connectivity index (χ4n) is 2.68. The zero-order valence-electron chi connectivity index (χ0n) is 12.8. The van der Waals surface area contributed by atoms with Gasteiger partial charge < -0.3 is 9.32 Å². The molecule has 0 radical (unpaired) electrons. The highest BCUT2D eigenvalue weighted by molar-refractivity contribution is 6.30. The van der Waals surface area contributed by atoms with E-state index in [1.54, 1.807) is 12.4 Å². The summed E-state index contributed by atoms with van der Waals surface area (Å²) in [5, 5.41) is 0.572. The first-order valence-corrected chi connectivity index (χ1v) is 8.15. The summed E-state index contributed by atoms with van der Waals surface area (Å²) < 4.78 is 5.86. The third-order valence-electron chi connectivity index (χ3n) is 3.85. The molecule has 0 atom stereocenters. The zero-order valence-corrected chi connectivity index (χ0v) is 13.6. The topological polar surface area (TPSA) is 45.4 Å². The van der Waals surface area contributed by atoms with Crippen molar-refractivity contribution in [3.63, 3.8) is 0 Å². The Bertz CT molecular complexity index is 590. The molecule has 0 aromatic carbocycles. The van der Waals surface area contributed by atoms with Crippen LogP contribution in [0.1, 0.15) is 24.9 Å². The molecule has 1 aliphatic rings. The fraction of sp³-hybridized carbons (Fsp3) is 0.500. The van der Waals surface area contributed by atoms with Crippen molar-refractivity contribution < 1.29 is 4.42 Å². The molecular formula is C16H21ClN4O. The van der Waals surface area contributed by atoms with Crippen LogP contribution in [-0.4, -0.2) is 41.0 Å². The summed E-state index contributed by atoms with van der Waals surface area (Å²) in [6.45, 7) is 6.85. The Morgan fingerprint density at radius 1 is 1.09 bits per heavy atom. The first-order chi connectivity index (χ1) is 10.7. The van der Waals surface area contributed by atoms with Gasteiger partial charge in [-0.15, -0.1) is 0 Å². The van der Waals surface area contributed by atoms with Crippen molar-refractivity contribution in [2.75, 3.05) is 31.1 Å². The molecule has 1 saturated heterocycles. The van der Waals surface area contributed by atoms with E-state index in [9.17, 15) is 0 Å². The average molecular weight is 321 g/mol. The number of hydrogen-bond acceptors (Lipinski definition) is 5. The van der Waals surface area contributed by atoms with Crippen LogP contribution in [0.2, 0.25) is 5.02 Å². The van der Waals surface area contributed by atoms with E-state index < -0.39 is 0 Å². The van der Waals surface area contributed by atoms with Crippen LogP contribution in [0.3, 0.4) is 0 Å². The molecule has 118 valence electrons. The summed E-state index contributed by atoms with van der Waals surface area (Å²) in [5.74, 6) is 2.90. The Kier molecular flexibility index (Phi) is 4.95. The molecule has 22 heavy (non-hydrogen) atoms. The van der Waals surface area contributed by atoms with E-state index in [4.69, 9.17) is 16.0 Å². The predicted octanol–water partition coefficient (Wildman–Crippen LogP) is 3.00. The van der Waals surface area contributed by atoms with Gasteiger partial charge in [0.25, 0.3) is 0 Å². The highest BCUT2D eigenvalue weighted by atomic mass is 35.5. The van der Waals surface area contributed by atoms with E-state index in [1.165, 1.54) is 0 Å². The van der Waals surface area contributed by atoms with Crippen molar-refractivity contribution in [2.45, 2.75) is 26.3 Å². The number of anilines is 1. The van der Waals surface area contributed by atoms with Crippen molar-refractivity contribution in [1.29, 1.82) is 0 Å². The summed E-state index contributed by atoms with van der Waals surface area (Å²) in [5.41, 5.74) is 0. The van der Waals surface area contributed by atoms with Gasteiger partial charge in [0, 0.05) is 32.6 Å². The van der Waals surface area contributed by atoms with Crippen molar-refractivity contribution in [1.82, 2.24) is 14.9 Å². The van der Waals surface area contributed by atoms with Crippen LogP contribution >= 0.6 is 11.6 Å². The van der Waals surface area contributed by atoms with Gasteiger partial charge in [0.05, 0.1) is 24.0 Å². The Labute approximate surface area is 135 Å².